The molecule has 0 saturated heterocycles. The fraction of sp³-hybridized carbons (Fsp3) is 0.444. The van der Waals surface area contributed by atoms with E-state index in [1.165, 1.54) is 0 Å². The van der Waals surface area contributed by atoms with Gasteiger partial charge in [-0.25, -0.2) is 0 Å². The second-order valence-corrected chi connectivity index (χ2v) is 2.83. The molecule has 0 spiro atoms. The maximum Gasteiger partial charge on any atom is 0.153 e. The first-order chi connectivity index (χ1) is 5.25. The quantitative estimate of drug-likeness (QED) is 0.637. The number of allylic oxidation sites excluding steroid dienone is 4. The topological polar surface area (TPSA) is 43.1 Å². The molecule has 1 rings (SSSR count). The van der Waals surface area contributed by atoms with E-state index >= 15 is 0 Å². The van der Waals surface area contributed by atoms with E-state index in [2.05, 4.69) is 0 Å². The zero-order chi connectivity index (χ0) is 8.27. The lowest BCUT2D eigenvalue weighted by atomic mass is 9.87. The van der Waals surface area contributed by atoms with Crippen molar-refractivity contribution in [3.8, 4) is 0 Å². The third-order valence-corrected chi connectivity index (χ3v) is 1.98. The Labute approximate surface area is 66.8 Å². The first-order valence-corrected chi connectivity index (χ1v) is 3.83. The summed E-state index contributed by atoms with van der Waals surface area (Å²) < 4.78 is 0. The van der Waals surface area contributed by atoms with Crippen molar-refractivity contribution >= 4 is 5.78 Å². The van der Waals surface area contributed by atoms with E-state index in [4.69, 9.17) is 5.73 Å². The van der Waals surface area contributed by atoms with Crippen LogP contribution in [0.5, 0.6) is 0 Å². The normalized spacial score (nSPS) is 28.9. The van der Waals surface area contributed by atoms with Gasteiger partial charge in [-0.05, 0) is 5.92 Å². The summed E-state index contributed by atoms with van der Waals surface area (Å²) in [5.41, 5.74) is 5.26. The van der Waals surface area contributed by atoms with Crippen LogP contribution >= 0.6 is 0 Å². The predicted molar refractivity (Wildman–Crippen MR) is 45.0 cm³/mol. The molecule has 0 aromatic carbocycles. The fourth-order valence-electron chi connectivity index (χ4n) is 1.25. The molecule has 1 aliphatic rings. The molecule has 60 valence electrons. The van der Waals surface area contributed by atoms with Crippen LogP contribution in [0.1, 0.15) is 6.92 Å². The van der Waals surface area contributed by atoms with Crippen LogP contribution in [0.3, 0.4) is 0 Å². The Morgan fingerprint density at radius 2 is 2.09 bits per heavy atom. The molecule has 0 saturated carbocycles. The van der Waals surface area contributed by atoms with Crippen molar-refractivity contribution in [2.45, 2.75) is 6.92 Å². The van der Waals surface area contributed by atoms with Gasteiger partial charge in [0.2, 0.25) is 0 Å². The molecule has 2 nitrogen and oxygen atoms in total. The summed E-state index contributed by atoms with van der Waals surface area (Å²) in [4.78, 5) is 11.2. The summed E-state index contributed by atoms with van der Waals surface area (Å²) in [6.45, 7) is 2.17. The first kappa shape index (κ1) is 8.21. The van der Waals surface area contributed by atoms with E-state index in [9.17, 15) is 4.79 Å². The van der Waals surface area contributed by atoms with Crippen LogP contribution in [0.4, 0.5) is 0 Å². The largest absolute Gasteiger partial charge is 0.324 e. The SMILES string of the molecule is CC1C=CC=CC1C(=O)CN. The molecule has 1 aliphatic carbocycles. The molecular formula is C9H13NO. The van der Waals surface area contributed by atoms with E-state index in [0.29, 0.717) is 5.92 Å². The number of nitrogens with two attached hydrogens (primary N) is 1. The molecule has 0 aromatic heterocycles. The van der Waals surface area contributed by atoms with Gasteiger partial charge >= 0.3 is 0 Å². The molecule has 0 aliphatic heterocycles. The number of hydrogen-bond donors (Lipinski definition) is 1. The number of carbonyl (C=O) groups is 1. The van der Waals surface area contributed by atoms with Gasteiger partial charge in [0.05, 0.1) is 6.54 Å². The molecule has 0 amide bonds. The fourth-order valence-corrected chi connectivity index (χ4v) is 1.25. The molecule has 2 atom stereocenters. The Hall–Kier alpha value is -0.890. The number of hydrogen-bond acceptors (Lipinski definition) is 2. The Balaban J connectivity index is 2.65. The standard InChI is InChI=1S/C9H13NO/c1-7-4-2-3-5-8(7)9(11)6-10/h2-5,7-8H,6,10H2,1H3. The molecule has 0 bridgehead atoms. The Morgan fingerprint density at radius 1 is 1.45 bits per heavy atom. The molecule has 11 heavy (non-hydrogen) atoms. The highest BCUT2D eigenvalue weighted by Crippen LogP contribution is 2.19. The van der Waals surface area contributed by atoms with E-state index in [-0.39, 0.29) is 18.2 Å². The summed E-state index contributed by atoms with van der Waals surface area (Å²) in [6, 6.07) is 0. The maximum atomic E-state index is 11.2. The van der Waals surface area contributed by atoms with Crippen molar-refractivity contribution in [3.05, 3.63) is 24.3 Å². The number of rotatable bonds is 2. The van der Waals surface area contributed by atoms with Gasteiger partial charge in [0.1, 0.15) is 0 Å². The summed E-state index contributed by atoms with van der Waals surface area (Å²) >= 11 is 0. The third kappa shape index (κ3) is 1.77. The highest BCUT2D eigenvalue weighted by Gasteiger charge is 2.19. The van der Waals surface area contributed by atoms with Gasteiger partial charge in [-0.15, -0.1) is 0 Å². The lowest BCUT2D eigenvalue weighted by Crippen LogP contribution is -2.26. The van der Waals surface area contributed by atoms with Crippen molar-refractivity contribution in [2.24, 2.45) is 17.6 Å². The minimum absolute atomic E-state index is 0.00463. The zero-order valence-electron chi connectivity index (χ0n) is 6.66. The van der Waals surface area contributed by atoms with Crippen LogP contribution in [0, 0.1) is 11.8 Å². The number of carbonyl (C=O) groups excluding carboxylic acids is 1. The van der Waals surface area contributed by atoms with Gasteiger partial charge < -0.3 is 5.73 Å². The summed E-state index contributed by atoms with van der Waals surface area (Å²) in [6.07, 6.45) is 7.81. The van der Waals surface area contributed by atoms with Crippen molar-refractivity contribution in [1.29, 1.82) is 0 Å². The van der Waals surface area contributed by atoms with Crippen LogP contribution in [0.25, 0.3) is 0 Å². The second-order valence-electron chi connectivity index (χ2n) is 2.83. The monoisotopic (exact) mass is 151 g/mol. The minimum Gasteiger partial charge on any atom is -0.324 e. The van der Waals surface area contributed by atoms with Crippen LogP contribution in [0.15, 0.2) is 24.3 Å². The smallest absolute Gasteiger partial charge is 0.153 e. The van der Waals surface area contributed by atoms with Crippen LogP contribution in [-0.4, -0.2) is 12.3 Å². The average Bonchev–Trinajstić information content (AvgIpc) is 2.04. The Kier molecular flexibility index (Phi) is 2.60. The molecule has 0 heterocycles. The highest BCUT2D eigenvalue weighted by molar-refractivity contribution is 5.85. The van der Waals surface area contributed by atoms with Gasteiger partial charge in [-0.3, -0.25) is 4.79 Å². The van der Waals surface area contributed by atoms with E-state index < -0.39 is 0 Å². The number of ketones is 1. The first-order valence-electron chi connectivity index (χ1n) is 3.83. The van der Waals surface area contributed by atoms with Gasteiger partial charge in [-0.2, -0.15) is 0 Å². The van der Waals surface area contributed by atoms with Crippen LogP contribution < -0.4 is 5.73 Å². The van der Waals surface area contributed by atoms with Crippen molar-refractivity contribution in [1.82, 2.24) is 0 Å². The van der Waals surface area contributed by atoms with Gasteiger partial charge in [0.15, 0.2) is 5.78 Å². The summed E-state index contributed by atoms with van der Waals surface area (Å²) in [7, 11) is 0. The summed E-state index contributed by atoms with van der Waals surface area (Å²) in [5.74, 6) is 0.430. The predicted octanol–water partition coefficient (Wildman–Crippen LogP) is 0.893. The zero-order valence-corrected chi connectivity index (χ0v) is 6.66. The van der Waals surface area contributed by atoms with E-state index in [1.807, 2.05) is 31.2 Å². The molecule has 0 fully saturated rings. The molecule has 0 radical (unpaired) electrons. The summed E-state index contributed by atoms with van der Waals surface area (Å²) in [5, 5.41) is 0. The molecular weight excluding hydrogens is 138 g/mol. The van der Waals surface area contributed by atoms with Crippen molar-refractivity contribution in [2.75, 3.05) is 6.54 Å². The molecule has 2 heteroatoms. The molecule has 2 N–H and O–H groups in total. The molecule has 2 unspecified atom stereocenters. The van der Waals surface area contributed by atoms with E-state index in [1.54, 1.807) is 0 Å². The average molecular weight is 151 g/mol. The van der Waals surface area contributed by atoms with Gasteiger partial charge in [-0.1, -0.05) is 31.2 Å². The number of Topliss-reactive ketones (excluding diaryl/α,β-unsaturated/α-hetero) is 1. The van der Waals surface area contributed by atoms with Crippen molar-refractivity contribution < 1.29 is 4.79 Å². The second kappa shape index (κ2) is 3.49. The lowest BCUT2D eigenvalue weighted by Gasteiger charge is -2.17. The molecule has 0 aromatic rings. The van der Waals surface area contributed by atoms with Gasteiger partial charge in [0, 0.05) is 5.92 Å². The Morgan fingerprint density at radius 3 is 2.64 bits per heavy atom. The Bertz CT molecular complexity index is 206. The third-order valence-electron chi connectivity index (χ3n) is 1.98. The van der Waals surface area contributed by atoms with Gasteiger partial charge in [0.25, 0.3) is 0 Å². The maximum absolute atomic E-state index is 11.2. The van der Waals surface area contributed by atoms with Crippen molar-refractivity contribution in [3.63, 3.8) is 0 Å². The van der Waals surface area contributed by atoms with Crippen LogP contribution in [-0.2, 0) is 4.79 Å². The highest BCUT2D eigenvalue weighted by atomic mass is 16.1. The van der Waals surface area contributed by atoms with E-state index in [0.717, 1.165) is 0 Å². The lowest BCUT2D eigenvalue weighted by molar-refractivity contribution is -0.120. The van der Waals surface area contributed by atoms with Crippen LogP contribution in [0.2, 0.25) is 0 Å². The minimum atomic E-state index is 0.00463.